The highest BCUT2D eigenvalue weighted by molar-refractivity contribution is 7.84. The minimum absolute atomic E-state index is 0.109. The Bertz CT molecular complexity index is 456. The van der Waals surface area contributed by atoms with Crippen LogP contribution in [0.4, 0.5) is 11.6 Å². The maximum Gasteiger partial charge on any atom is 0.138 e. The number of nitrogens with one attached hydrogen (secondary N) is 2. The maximum atomic E-state index is 11.2. The van der Waals surface area contributed by atoms with Crippen molar-refractivity contribution in [2.24, 2.45) is 0 Å². The monoisotopic (exact) mass is 284 g/mol. The lowest BCUT2D eigenvalue weighted by molar-refractivity contribution is 0.546. The molecule has 0 aliphatic rings. The van der Waals surface area contributed by atoms with E-state index in [1.165, 1.54) is 0 Å². The molecule has 0 radical (unpaired) electrons. The molecule has 1 rings (SSSR count). The smallest absolute Gasteiger partial charge is 0.138 e. The summed E-state index contributed by atoms with van der Waals surface area (Å²) in [5.41, 5.74) is -0.111. The Hall–Kier alpha value is -1.17. The van der Waals surface area contributed by atoms with Crippen LogP contribution in [-0.2, 0) is 16.2 Å². The topological polar surface area (TPSA) is 66.9 Å². The number of nitrogens with zero attached hydrogens (tertiary/aromatic N) is 2. The van der Waals surface area contributed by atoms with Gasteiger partial charge in [0, 0.05) is 47.4 Å². The number of rotatable bonds is 5. The predicted octanol–water partition coefficient (Wildman–Crippen LogP) is 1.99. The van der Waals surface area contributed by atoms with Crippen molar-refractivity contribution < 1.29 is 4.21 Å². The molecule has 6 heteroatoms. The molecule has 0 spiro atoms. The third kappa shape index (κ3) is 5.14. The molecule has 108 valence electrons. The van der Waals surface area contributed by atoms with Crippen molar-refractivity contribution in [3.8, 4) is 0 Å². The van der Waals surface area contributed by atoms with Crippen LogP contribution in [0.15, 0.2) is 6.07 Å². The Morgan fingerprint density at radius 1 is 1.32 bits per heavy atom. The number of anilines is 2. The summed E-state index contributed by atoms with van der Waals surface area (Å²) < 4.78 is 11.2. The van der Waals surface area contributed by atoms with E-state index < -0.39 is 10.8 Å². The average molecular weight is 284 g/mol. The first kappa shape index (κ1) is 15.9. The van der Waals surface area contributed by atoms with Crippen LogP contribution < -0.4 is 10.6 Å². The number of aromatic nitrogens is 2. The minimum atomic E-state index is -0.820. The van der Waals surface area contributed by atoms with Crippen LogP contribution >= 0.6 is 0 Å². The van der Waals surface area contributed by atoms with Gasteiger partial charge >= 0.3 is 0 Å². The molecule has 2 atom stereocenters. The Morgan fingerprint density at radius 3 is 2.37 bits per heavy atom. The first-order chi connectivity index (χ1) is 8.72. The zero-order valence-corrected chi connectivity index (χ0v) is 13.4. The summed E-state index contributed by atoms with van der Waals surface area (Å²) in [5.74, 6) is 2.94. The highest BCUT2D eigenvalue weighted by Gasteiger charge is 2.19. The molecule has 2 N–H and O–H groups in total. The van der Waals surface area contributed by atoms with Crippen molar-refractivity contribution in [2.45, 2.75) is 39.2 Å². The molecule has 0 aliphatic heterocycles. The van der Waals surface area contributed by atoms with E-state index in [0.717, 1.165) is 17.5 Å². The van der Waals surface area contributed by atoms with Crippen molar-refractivity contribution in [3.05, 3.63) is 11.9 Å². The summed E-state index contributed by atoms with van der Waals surface area (Å²) in [6.07, 6.45) is 1.71. The molecule has 1 aromatic rings. The summed E-state index contributed by atoms with van der Waals surface area (Å²) in [6, 6.07) is 1.97. The molecule has 19 heavy (non-hydrogen) atoms. The van der Waals surface area contributed by atoms with Gasteiger partial charge in [-0.2, -0.15) is 0 Å². The van der Waals surface area contributed by atoms with E-state index in [2.05, 4.69) is 41.4 Å². The van der Waals surface area contributed by atoms with Crippen LogP contribution in [-0.4, -0.2) is 39.3 Å². The van der Waals surface area contributed by atoms with Gasteiger partial charge in [-0.15, -0.1) is 0 Å². The fourth-order valence-corrected chi connectivity index (χ4v) is 2.42. The van der Waals surface area contributed by atoms with E-state index in [9.17, 15) is 4.21 Å². The lowest BCUT2D eigenvalue weighted by atomic mass is 9.96. The van der Waals surface area contributed by atoms with Gasteiger partial charge in [-0.25, -0.2) is 9.97 Å². The fraction of sp³-hybridized carbons (Fsp3) is 0.692. The van der Waals surface area contributed by atoms with Gasteiger partial charge in [-0.3, -0.25) is 4.21 Å². The normalized spacial score (nSPS) is 14.8. The summed E-state index contributed by atoms with van der Waals surface area (Å²) in [6.45, 7) is 8.24. The van der Waals surface area contributed by atoms with Crippen molar-refractivity contribution >= 4 is 22.4 Å². The van der Waals surface area contributed by atoms with Crippen LogP contribution in [0.2, 0.25) is 0 Å². The molecule has 0 amide bonds. The maximum absolute atomic E-state index is 11.2. The van der Waals surface area contributed by atoms with E-state index in [-0.39, 0.29) is 11.5 Å². The lowest BCUT2D eigenvalue weighted by Crippen LogP contribution is -2.24. The molecule has 0 aromatic carbocycles. The highest BCUT2D eigenvalue weighted by atomic mass is 32.2. The van der Waals surface area contributed by atoms with Crippen LogP contribution in [0.3, 0.4) is 0 Å². The molecule has 0 bridgehead atoms. The summed E-state index contributed by atoms with van der Waals surface area (Å²) in [7, 11) is 1.02. The standard InChI is InChI=1S/C13H24N4OS/c1-9(8-19(6)18)15-11-7-10(14-5)16-12(17-11)13(2,3)4/h7,9H,8H2,1-6H3,(H2,14,15,16,17). The molecule has 1 heterocycles. The molecule has 0 saturated heterocycles. The third-order valence-electron chi connectivity index (χ3n) is 2.53. The van der Waals surface area contributed by atoms with Crippen molar-refractivity contribution in [2.75, 3.05) is 29.7 Å². The van der Waals surface area contributed by atoms with Gasteiger partial charge in [0.05, 0.1) is 0 Å². The van der Waals surface area contributed by atoms with Gasteiger partial charge in [-0.1, -0.05) is 20.8 Å². The van der Waals surface area contributed by atoms with Crippen molar-refractivity contribution in [1.29, 1.82) is 0 Å². The Balaban J connectivity index is 2.97. The summed E-state index contributed by atoms with van der Waals surface area (Å²) in [4.78, 5) is 9.01. The lowest BCUT2D eigenvalue weighted by Gasteiger charge is -2.20. The van der Waals surface area contributed by atoms with E-state index in [0.29, 0.717) is 5.75 Å². The number of hydrogen-bond acceptors (Lipinski definition) is 5. The van der Waals surface area contributed by atoms with Crippen LogP contribution in [0.25, 0.3) is 0 Å². The zero-order chi connectivity index (χ0) is 14.6. The van der Waals surface area contributed by atoms with Crippen molar-refractivity contribution in [3.63, 3.8) is 0 Å². The third-order valence-corrected chi connectivity index (χ3v) is 3.50. The van der Waals surface area contributed by atoms with Gasteiger partial charge < -0.3 is 10.6 Å². The Kier molecular flexibility index (Phi) is 5.29. The summed E-state index contributed by atoms with van der Waals surface area (Å²) >= 11 is 0. The minimum Gasteiger partial charge on any atom is -0.373 e. The van der Waals surface area contributed by atoms with Gasteiger partial charge in [0.1, 0.15) is 17.5 Å². The first-order valence-electron chi connectivity index (χ1n) is 6.36. The predicted molar refractivity (Wildman–Crippen MR) is 82.3 cm³/mol. The highest BCUT2D eigenvalue weighted by Crippen LogP contribution is 2.22. The molecular weight excluding hydrogens is 260 g/mol. The molecule has 5 nitrogen and oxygen atoms in total. The SMILES string of the molecule is CNc1cc(NC(C)CS(C)=O)nc(C(C)(C)C)n1. The second kappa shape index (κ2) is 6.32. The van der Waals surface area contributed by atoms with Gasteiger partial charge in [-0.05, 0) is 6.92 Å². The van der Waals surface area contributed by atoms with Crippen LogP contribution in [0.5, 0.6) is 0 Å². The molecule has 1 aromatic heterocycles. The van der Waals surface area contributed by atoms with E-state index >= 15 is 0 Å². The molecule has 2 unspecified atom stereocenters. The molecular formula is C13H24N4OS. The number of hydrogen-bond donors (Lipinski definition) is 2. The van der Waals surface area contributed by atoms with Gasteiger partial charge in [0.15, 0.2) is 0 Å². The van der Waals surface area contributed by atoms with Crippen LogP contribution in [0.1, 0.15) is 33.5 Å². The molecule has 0 saturated carbocycles. The van der Waals surface area contributed by atoms with Crippen LogP contribution in [0, 0.1) is 0 Å². The van der Waals surface area contributed by atoms with Gasteiger partial charge in [0.25, 0.3) is 0 Å². The molecule has 0 fully saturated rings. The second-order valence-corrected chi connectivity index (χ2v) is 7.23. The average Bonchev–Trinajstić information content (AvgIpc) is 2.25. The second-order valence-electron chi connectivity index (χ2n) is 5.75. The Morgan fingerprint density at radius 2 is 1.89 bits per heavy atom. The quantitative estimate of drug-likeness (QED) is 0.865. The zero-order valence-electron chi connectivity index (χ0n) is 12.6. The van der Waals surface area contributed by atoms with E-state index in [4.69, 9.17) is 0 Å². The first-order valence-corrected chi connectivity index (χ1v) is 8.09. The molecule has 0 aliphatic carbocycles. The van der Waals surface area contributed by atoms with Crippen molar-refractivity contribution in [1.82, 2.24) is 9.97 Å². The Labute approximate surface area is 118 Å². The van der Waals surface area contributed by atoms with E-state index in [1.807, 2.05) is 20.0 Å². The fourth-order valence-electron chi connectivity index (χ4n) is 1.63. The summed E-state index contributed by atoms with van der Waals surface area (Å²) in [5, 5.41) is 6.32. The van der Waals surface area contributed by atoms with E-state index in [1.54, 1.807) is 6.26 Å². The largest absolute Gasteiger partial charge is 0.373 e. The van der Waals surface area contributed by atoms with Gasteiger partial charge in [0.2, 0.25) is 0 Å².